The van der Waals surface area contributed by atoms with Gasteiger partial charge in [0.2, 0.25) is 0 Å². The van der Waals surface area contributed by atoms with Crippen molar-refractivity contribution in [1.82, 2.24) is 5.16 Å². The first-order valence-corrected chi connectivity index (χ1v) is 6.81. The summed E-state index contributed by atoms with van der Waals surface area (Å²) in [5.74, 6) is 0.168. The fourth-order valence-electron chi connectivity index (χ4n) is 2.23. The molecule has 21 heavy (non-hydrogen) atoms. The zero-order chi connectivity index (χ0) is 15.0. The van der Waals surface area contributed by atoms with Crippen LogP contribution in [0.2, 0.25) is 5.02 Å². The van der Waals surface area contributed by atoms with Gasteiger partial charge in [0.15, 0.2) is 17.3 Å². The highest BCUT2D eigenvalue weighted by Gasteiger charge is 2.25. The number of rotatable bonds is 3. The van der Waals surface area contributed by atoms with Crippen molar-refractivity contribution in [3.05, 3.63) is 28.5 Å². The molecule has 2 heterocycles. The number of halogens is 1. The van der Waals surface area contributed by atoms with Crippen molar-refractivity contribution in [2.45, 2.75) is 13.3 Å². The van der Waals surface area contributed by atoms with Gasteiger partial charge in [0.25, 0.3) is 0 Å². The Morgan fingerprint density at radius 2 is 2.14 bits per heavy atom. The second-order valence-electron chi connectivity index (χ2n) is 4.47. The van der Waals surface area contributed by atoms with Gasteiger partial charge in [-0.1, -0.05) is 23.7 Å². The van der Waals surface area contributed by atoms with E-state index in [0.29, 0.717) is 47.5 Å². The molecule has 0 aliphatic carbocycles. The second kappa shape index (κ2) is 5.29. The van der Waals surface area contributed by atoms with Gasteiger partial charge in [0, 0.05) is 12.0 Å². The molecule has 1 aliphatic heterocycles. The fourth-order valence-corrected chi connectivity index (χ4v) is 2.50. The Hall–Kier alpha value is -2.21. The van der Waals surface area contributed by atoms with Crippen LogP contribution >= 0.6 is 11.6 Å². The molecule has 1 aromatic carbocycles. The topological polar surface area (TPSA) is 81.8 Å². The van der Waals surface area contributed by atoms with Gasteiger partial charge in [-0.2, -0.15) is 0 Å². The molecule has 0 spiro atoms. The van der Waals surface area contributed by atoms with Gasteiger partial charge in [-0.15, -0.1) is 0 Å². The Morgan fingerprint density at radius 1 is 1.38 bits per heavy atom. The summed E-state index contributed by atoms with van der Waals surface area (Å²) >= 11 is 6.16. The molecule has 1 aromatic heterocycles. The first-order chi connectivity index (χ1) is 10.1. The molecule has 7 heteroatoms. The Morgan fingerprint density at radius 3 is 2.86 bits per heavy atom. The summed E-state index contributed by atoms with van der Waals surface area (Å²) in [4.78, 5) is 11.4. The SMILES string of the molecule is CCc1onc(-c2cc(Cl)c3c(c2)OCCO3)c1C(=O)O. The number of aromatic nitrogens is 1. The van der Waals surface area contributed by atoms with Crippen molar-refractivity contribution in [3.63, 3.8) is 0 Å². The Bertz CT molecular complexity index is 710. The van der Waals surface area contributed by atoms with Crippen LogP contribution < -0.4 is 9.47 Å². The maximum atomic E-state index is 11.4. The zero-order valence-corrected chi connectivity index (χ0v) is 11.9. The molecular weight excluding hydrogens is 298 g/mol. The normalized spacial score (nSPS) is 13.2. The van der Waals surface area contributed by atoms with Gasteiger partial charge in [0.05, 0.1) is 5.02 Å². The standard InChI is InChI=1S/C14H12ClNO5/c1-2-9-11(14(17)18)12(16-21-9)7-5-8(15)13-10(6-7)19-3-4-20-13/h5-6H,2-4H2,1H3,(H,17,18). The highest BCUT2D eigenvalue weighted by atomic mass is 35.5. The lowest BCUT2D eigenvalue weighted by Gasteiger charge is -2.20. The molecule has 6 nitrogen and oxygen atoms in total. The third-order valence-corrected chi connectivity index (χ3v) is 3.45. The summed E-state index contributed by atoms with van der Waals surface area (Å²) in [6, 6.07) is 3.25. The van der Waals surface area contributed by atoms with Crippen molar-refractivity contribution in [2.75, 3.05) is 13.2 Å². The van der Waals surface area contributed by atoms with E-state index in [-0.39, 0.29) is 11.3 Å². The van der Waals surface area contributed by atoms with E-state index < -0.39 is 5.97 Å². The van der Waals surface area contributed by atoms with Crippen molar-refractivity contribution < 1.29 is 23.9 Å². The number of hydrogen-bond donors (Lipinski definition) is 1. The smallest absolute Gasteiger partial charge is 0.341 e. The van der Waals surface area contributed by atoms with Gasteiger partial charge >= 0.3 is 5.97 Å². The zero-order valence-electron chi connectivity index (χ0n) is 11.2. The highest BCUT2D eigenvalue weighted by Crippen LogP contribution is 2.41. The van der Waals surface area contributed by atoms with E-state index in [1.807, 2.05) is 0 Å². The minimum Gasteiger partial charge on any atom is -0.486 e. The van der Waals surface area contributed by atoms with Crippen LogP contribution in [0.15, 0.2) is 16.7 Å². The molecule has 0 unspecified atom stereocenters. The highest BCUT2D eigenvalue weighted by molar-refractivity contribution is 6.32. The van der Waals surface area contributed by atoms with Crippen LogP contribution in [0, 0.1) is 0 Å². The van der Waals surface area contributed by atoms with Crippen LogP contribution in [0.1, 0.15) is 23.0 Å². The van der Waals surface area contributed by atoms with Gasteiger partial charge < -0.3 is 19.1 Å². The Balaban J connectivity index is 2.15. The van der Waals surface area contributed by atoms with Crippen LogP contribution in [0.3, 0.4) is 0 Å². The summed E-state index contributed by atoms with van der Waals surface area (Å²) in [6.07, 6.45) is 0.437. The molecule has 110 valence electrons. The van der Waals surface area contributed by atoms with E-state index in [0.717, 1.165) is 0 Å². The maximum Gasteiger partial charge on any atom is 0.341 e. The van der Waals surface area contributed by atoms with Gasteiger partial charge in [0.1, 0.15) is 24.5 Å². The number of carbonyl (C=O) groups is 1. The van der Waals surface area contributed by atoms with Crippen LogP contribution in [0.25, 0.3) is 11.3 Å². The fraction of sp³-hybridized carbons (Fsp3) is 0.286. The Labute approximate surface area is 125 Å². The third-order valence-electron chi connectivity index (χ3n) is 3.17. The summed E-state index contributed by atoms with van der Waals surface area (Å²) in [5.41, 5.74) is 0.800. The van der Waals surface area contributed by atoms with Crippen LogP contribution in [0.4, 0.5) is 0 Å². The van der Waals surface area contributed by atoms with Crippen LogP contribution in [-0.2, 0) is 6.42 Å². The number of benzene rings is 1. The number of ether oxygens (including phenoxy) is 2. The average molecular weight is 310 g/mol. The molecular formula is C14H12ClNO5. The van der Waals surface area contributed by atoms with E-state index in [1.165, 1.54) is 0 Å². The summed E-state index contributed by atoms with van der Waals surface area (Å²) in [5, 5.41) is 13.6. The van der Waals surface area contributed by atoms with Gasteiger partial charge in [-0.05, 0) is 12.1 Å². The first-order valence-electron chi connectivity index (χ1n) is 6.43. The number of carboxylic acids is 1. The van der Waals surface area contributed by atoms with E-state index in [9.17, 15) is 9.90 Å². The van der Waals surface area contributed by atoms with E-state index in [2.05, 4.69) is 5.16 Å². The number of carboxylic acid groups (broad SMARTS) is 1. The molecule has 3 rings (SSSR count). The van der Waals surface area contributed by atoms with Gasteiger partial charge in [-0.3, -0.25) is 0 Å². The minimum atomic E-state index is -1.09. The molecule has 2 aromatic rings. The maximum absolute atomic E-state index is 11.4. The van der Waals surface area contributed by atoms with Crippen molar-refractivity contribution in [3.8, 4) is 22.8 Å². The predicted molar refractivity (Wildman–Crippen MR) is 74.3 cm³/mol. The van der Waals surface area contributed by atoms with Crippen molar-refractivity contribution >= 4 is 17.6 Å². The number of aryl methyl sites for hydroxylation is 1. The average Bonchev–Trinajstić information content (AvgIpc) is 2.91. The summed E-state index contributed by atoms with van der Waals surface area (Å²) in [7, 11) is 0. The lowest BCUT2D eigenvalue weighted by molar-refractivity contribution is 0.0695. The molecule has 0 saturated carbocycles. The monoisotopic (exact) mass is 309 g/mol. The van der Waals surface area contributed by atoms with E-state index >= 15 is 0 Å². The van der Waals surface area contributed by atoms with Crippen LogP contribution in [-0.4, -0.2) is 29.4 Å². The molecule has 1 aliphatic rings. The van der Waals surface area contributed by atoms with Crippen molar-refractivity contribution in [2.24, 2.45) is 0 Å². The Kier molecular flexibility index (Phi) is 3.47. The minimum absolute atomic E-state index is 0.0465. The third kappa shape index (κ3) is 2.31. The van der Waals surface area contributed by atoms with E-state index in [1.54, 1.807) is 19.1 Å². The quantitative estimate of drug-likeness (QED) is 0.938. The molecule has 0 fully saturated rings. The molecule has 0 bridgehead atoms. The number of nitrogens with zero attached hydrogens (tertiary/aromatic N) is 1. The molecule has 0 atom stereocenters. The largest absolute Gasteiger partial charge is 0.486 e. The van der Waals surface area contributed by atoms with Crippen molar-refractivity contribution in [1.29, 1.82) is 0 Å². The second-order valence-corrected chi connectivity index (χ2v) is 4.88. The predicted octanol–water partition coefficient (Wildman–Crippen LogP) is 3.03. The molecule has 0 amide bonds. The summed E-state index contributed by atoms with van der Waals surface area (Å²) < 4.78 is 16.0. The van der Waals surface area contributed by atoms with E-state index in [4.69, 9.17) is 25.6 Å². The summed E-state index contributed by atoms with van der Waals surface area (Å²) in [6.45, 7) is 2.64. The number of aromatic carboxylic acids is 1. The number of hydrogen-bond acceptors (Lipinski definition) is 5. The first kappa shape index (κ1) is 13.8. The van der Waals surface area contributed by atoms with Gasteiger partial charge in [-0.25, -0.2) is 4.79 Å². The lowest BCUT2D eigenvalue weighted by Crippen LogP contribution is -2.15. The molecule has 1 N–H and O–H groups in total. The molecule has 0 saturated heterocycles. The number of fused-ring (bicyclic) bond motifs is 1. The van der Waals surface area contributed by atoms with Crippen LogP contribution in [0.5, 0.6) is 11.5 Å². The molecule has 0 radical (unpaired) electrons. The lowest BCUT2D eigenvalue weighted by atomic mass is 10.0.